The average Bonchev–Trinajstić information content (AvgIpc) is 3.02. The Morgan fingerprint density at radius 1 is 1.12 bits per heavy atom. The summed E-state index contributed by atoms with van der Waals surface area (Å²) in [4.78, 5) is 17.5. The quantitative estimate of drug-likeness (QED) is 0.685. The molecule has 0 amide bonds. The van der Waals surface area contributed by atoms with E-state index in [1.54, 1.807) is 6.20 Å². The number of anilines is 1. The van der Waals surface area contributed by atoms with Crippen LogP contribution in [0.5, 0.6) is 0 Å². The van der Waals surface area contributed by atoms with E-state index in [4.69, 9.17) is 16.7 Å². The number of rotatable bonds is 3. The summed E-state index contributed by atoms with van der Waals surface area (Å²) in [7, 11) is 0. The molecule has 0 saturated carbocycles. The number of carbonyl (C=O) groups excluding carboxylic acids is 1. The van der Waals surface area contributed by atoms with E-state index in [0.717, 1.165) is 54.6 Å². The van der Waals surface area contributed by atoms with Crippen molar-refractivity contribution in [1.29, 1.82) is 0 Å². The molecule has 3 heterocycles. The van der Waals surface area contributed by atoms with Crippen LogP contribution in [0.4, 0.5) is 5.82 Å². The van der Waals surface area contributed by atoms with Crippen molar-refractivity contribution in [3.8, 4) is 5.69 Å². The topological polar surface area (TPSA) is 51.0 Å². The van der Waals surface area contributed by atoms with Crippen molar-refractivity contribution < 1.29 is 4.79 Å². The molecule has 1 aliphatic rings. The highest BCUT2D eigenvalue weighted by Gasteiger charge is 2.23. The third-order valence-corrected chi connectivity index (χ3v) is 4.82. The highest BCUT2D eigenvalue weighted by Crippen LogP contribution is 2.30. The van der Waals surface area contributed by atoms with Crippen molar-refractivity contribution in [3.05, 3.63) is 47.7 Å². The van der Waals surface area contributed by atoms with Gasteiger partial charge in [0.1, 0.15) is 6.29 Å². The predicted octanol–water partition coefficient (Wildman–Crippen LogP) is 3.49. The fourth-order valence-corrected chi connectivity index (χ4v) is 3.33. The summed E-state index contributed by atoms with van der Waals surface area (Å²) in [5.74, 6) is 1.12. The molecule has 0 spiro atoms. The van der Waals surface area contributed by atoms with Gasteiger partial charge in [-0.2, -0.15) is 0 Å². The molecule has 1 aliphatic heterocycles. The number of piperidine rings is 1. The maximum absolute atomic E-state index is 11.0. The van der Waals surface area contributed by atoms with Crippen LogP contribution in [0.25, 0.3) is 16.6 Å². The molecule has 1 fully saturated rings. The number of nitrogens with zero attached hydrogens (tertiary/aromatic N) is 4. The van der Waals surface area contributed by atoms with E-state index in [0.29, 0.717) is 5.02 Å². The maximum Gasteiger partial charge on any atom is 0.159 e. The standard InChI is InChI=1S/C18H17ClN4O/c19-14-1-3-15(4-2-14)23-17-11-20-8-5-16(17)18(21-23)22-9-6-13(12-24)7-10-22/h1-5,8,11-13H,6-7,9-10H2. The maximum atomic E-state index is 11.0. The first-order valence-electron chi connectivity index (χ1n) is 8.05. The summed E-state index contributed by atoms with van der Waals surface area (Å²) >= 11 is 5.99. The van der Waals surface area contributed by atoms with Gasteiger partial charge in [-0.3, -0.25) is 4.98 Å². The number of hydrogen-bond acceptors (Lipinski definition) is 4. The third kappa shape index (κ3) is 2.65. The van der Waals surface area contributed by atoms with Crippen LogP contribution in [-0.4, -0.2) is 34.1 Å². The zero-order valence-corrected chi connectivity index (χ0v) is 13.9. The van der Waals surface area contributed by atoms with E-state index < -0.39 is 0 Å². The number of pyridine rings is 1. The Kier molecular flexibility index (Phi) is 3.94. The van der Waals surface area contributed by atoms with E-state index in [1.165, 1.54) is 0 Å². The van der Waals surface area contributed by atoms with Gasteiger partial charge >= 0.3 is 0 Å². The average molecular weight is 341 g/mol. The molecule has 0 radical (unpaired) electrons. The van der Waals surface area contributed by atoms with E-state index in [-0.39, 0.29) is 5.92 Å². The van der Waals surface area contributed by atoms with Gasteiger partial charge in [0, 0.05) is 35.6 Å². The highest BCUT2D eigenvalue weighted by atomic mass is 35.5. The van der Waals surface area contributed by atoms with Crippen LogP contribution in [0.15, 0.2) is 42.7 Å². The second kappa shape index (κ2) is 6.24. The summed E-state index contributed by atoms with van der Waals surface area (Å²) in [6.07, 6.45) is 6.45. The molecule has 5 nitrogen and oxygen atoms in total. The van der Waals surface area contributed by atoms with E-state index in [2.05, 4.69) is 9.88 Å². The molecule has 0 aliphatic carbocycles. The molecular weight excluding hydrogens is 324 g/mol. The molecular formula is C18H17ClN4O. The predicted molar refractivity (Wildman–Crippen MR) is 94.9 cm³/mol. The summed E-state index contributed by atoms with van der Waals surface area (Å²) in [6.45, 7) is 1.69. The fourth-order valence-electron chi connectivity index (χ4n) is 3.21. The van der Waals surface area contributed by atoms with Crippen LogP contribution in [0.2, 0.25) is 5.02 Å². The molecule has 0 atom stereocenters. The zero-order valence-electron chi connectivity index (χ0n) is 13.1. The summed E-state index contributed by atoms with van der Waals surface area (Å²) in [6, 6.07) is 9.61. The van der Waals surface area contributed by atoms with Crippen molar-refractivity contribution in [2.75, 3.05) is 18.0 Å². The van der Waals surface area contributed by atoms with Crippen molar-refractivity contribution in [2.24, 2.45) is 5.92 Å². The van der Waals surface area contributed by atoms with Gasteiger partial charge in [-0.1, -0.05) is 11.6 Å². The smallest absolute Gasteiger partial charge is 0.159 e. The summed E-state index contributed by atoms with van der Waals surface area (Å²) < 4.78 is 1.90. The molecule has 1 aromatic carbocycles. The first-order valence-corrected chi connectivity index (χ1v) is 8.43. The molecule has 3 aromatic rings. The monoisotopic (exact) mass is 340 g/mol. The first-order chi connectivity index (χ1) is 11.8. The van der Waals surface area contributed by atoms with Crippen LogP contribution in [0.1, 0.15) is 12.8 Å². The first kappa shape index (κ1) is 15.1. The molecule has 2 aromatic heterocycles. The molecule has 122 valence electrons. The van der Waals surface area contributed by atoms with Gasteiger partial charge in [0.05, 0.1) is 17.4 Å². The largest absolute Gasteiger partial charge is 0.355 e. The molecule has 0 bridgehead atoms. The minimum atomic E-state index is 0.174. The number of fused-ring (bicyclic) bond motifs is 1. The Balaban J connectivity index is 1.77. The Hall–Kier alpha value is -2.40. The van der Waals surface area contributed by atoms with Crippen molar-refractivity contribution in [1.82, 2.24) is 14.8 Å². The van der Waals surface area contributed by atoms with Gasteiger partial charge in [0.25, 0.3) is 0 Å². The summed E-state index contributed by atoms with van der Waals surface area (Å²) in [5.41, 5.74) is 1.92. The van der Waals surface area contributed by atoms with Crippen LogP contribution < -0.4 is 4.90 Å². The number of aldehydes is 1. The van der Waals surface area contributed by atoms with Gasteiger partial charge in [0.2, 0.25) is 0 Å². The van der Waals surface area contributed by atoms with Crippen molar-refractivity contribution in [3.63, 3.8) is 0 Å². The minimum Gasteiger partial charge on any atom is -0.355 e. The zero-order chi connectivity index (χ0) is 16.5. The SMILES string of the molecule is O=CC1CCN(c2nn(-c3ccc(Cl)cc3)c3cnccc23)CC1. The van der Waals surface area contributed by atoms with Gasteiger partial charge < -0.3 is 9.69 Å². The van der Waals surface area contributed by atoms with E-state index in [9.17, 15) is 4.79 Å². The van der Waals surface area contributed by atoms with Crippen molar-refractivity contribution >= 4 is 34.6 Å². The molecule has 24 heavy (non-hydrogen) atoms. The lowest BCUT2D eigenvalue weighted by Gasteiger charge is -2.29. The normalized spacial score (nSPS) is 15.8. The number of carbonyl (C=O) groups is 1. The summed E-state index contributed by atoms with van der Waals surface area (Å²) in [5, 5.41) is 6.61. The number of benzene rings is 1. The number of hydrogen-bond donors (Lipinski definition) is 0. The van der Waals surface area contributed by atoms with Crippen molar-refractivity contribution in [2.45, 2.75) is 12.8 Å². The molecule has 1 saturated heterocycles. The van der Waals surface area contributed by atoms with Gasteiger partial charge in [0.15, 0.2) is 5.82 Å². The highest BCUT2D eigenvalue weighted by molar-refractivity contribution is 6.30. The molecule has 0 N–H and O–H groups in total. The fraction of sp³-hybridized carbons (Fsp3) is 0.278. The van der Waals surface area contributed by atoms with Gasteiger partial charge in [-0.25, -0.2) is 4.68 Å². The van der Waals surface area contributed by atoms with E-state index >= 15 is 0 Å². The second-order valence-electron chi connectivity index (χ2n) is 6.07. The van der Waals surface area contributed by atoms with Crippen LogP contribution in [0.3, 0.4) is 0 Å². The molecule has 0 unspecified atom stereocenters. The minimum absolute atomic E-state index is 0.174. The number of aromatic nitrogens is 3. The molecule has 4 rings (SSSR count). The Morgan fingerprint density at radius 2 is 1.88 bits per heavy atom. The Labute approximate surface area is 144 Å². The lowest BCUT2D eigenvalue weighted by Crippen LogP contribution is -2.34. The van der Waals surface area contributed by atoms with Crippen LogP contribution >= 0.6 is 11.6 Å². The lowest BCUT2D eigenvalue weighted by molar-refractivity contribution is -0.111. The Morgan fingerprint density at radius 3 is 2.58 bits per heavy atom. The number of halogens is 1. The Bertz CT molecular complexity index is 866. The van der Waals surface area contributed by atoms with Gasteiger partial charge in [-0.15, -0.1) is 5.10 Å². The third-order valence-electron chi connectivity index (χ3n) is 4.57. The van der Waals surface area contributed by atoms with Crippen LogP contribution in [0, 0.1) is 5.92 Å². The van der Waals surface area contributed by atoms with E-state index in [1.807, 2.05) is 41.2 Å². The lowest BCUT2D eigenvalue weighted by atomic mass is 9.98. The van der Waals surface area contributed by atoms with Gasteiger partial charge in [-0.05, 0) is 43.2 Å². The van der Waals surface area contributed by atoms with Crippen LogP contribution in [-0.2, 0) is 4.79 Å². The molecule has 6 heteroatoms. The second-order valence-corrected chi connectivity index (χ2v) is 6.50.